The van der Waals surface area contributed by atoms with E-state index in [2.05, 4.69) is 20.3 Å². The van der Waals surface area contributed by atoms with Crippen LogP contribution >= 0.6 is 11.3 Å². The fourth-order valence-corrected chi connectivity index (χ4v) is 3.11. The predicted molar refractivity (Wildman–Crippen MR) is 83.4 cm³/mol. The quantitative estimate of drug-likeness (QED) is 0.910. The lowest BCUT2D eigenvalue weighted by Crippen LogP contribution is -2.39. The number of nitrogens with one attached hydrogen (secondary N) is 1. The van der Waals surface area contributed by atoms with Crippen LogP contribution in [0.25, 0.3) is 10.8 Å². The van der Waals surface area contributed by atoms with Crippen molar-refractivity contribution >= 4 is 17.2 Å². The van der Waals surface area contributed by atoms with Crippen LogP contribution in [0.5, 0.6) is 0 Å². The van der Waals surface area contributed by atoms with Gasteiger partial charge in [0.2, 0.25) is 5.91 Å². The second-order valence-corrected chi connectivity index (χ2v) is 5.97. The second-order valence-electron chi connectivity index (χ2n) is 5.11. The Bertz CT molecular complexity index is 611. The van der Waals surface area contributed by atoms with E-state index in [1.807, 2.05) is 5.38 Å². The van der Waals surface area contributed by atoms with Crippen molar-refractivity contribution in [3.63, 3.8) is 0 Å². The summed E-state index contributed by atoms with van der Waals surface area (Å²) in [7, 11) is 0. The molecule has 1 fully saturated rings. The van der Waals surface area contributed by atoms with Gasteiger partial charge in [-0.2, -0.15) is 0 Å². The molecule has 116 valence electrons. The Balaban J connectivity index is 1.48. The van der Waals surface area contributed by atoms with E-state index in [4.69, 9.17) is 4.74 Å². The number of ether oxygens (including phenoxy) is 1. The Morgan fingerprint density at radius 1 is 1.36 bits per heavy atom. The van der Waals surface area contributed by atoms with Crippen LogP contribution in [0.2, 0.25) is 0 Å². The minimum Gasteiger partial charge on any atom is -0.368 e. The Hall–Kier alpha value is -1.86. The molecule has 2 aromatic heterocycles. The Kier molecular flexibility index (Phi) is 5.07. The van der Waals surface area contributed by atoms with Gasteiger partial charge in [-0.25, -0.2) is 15.0 Å². The molecule has 0 aromatic carbocycles. The van der Waals surface area contributed by atoms with E-state index in [-0.39, 0.29) is 12.0 Å². The van der Waals surface area contributed by atoms with Gasteiger partial charge in [0.25, 0.3) is 0 Å². The maximum atomic E-state index is 11.9. The molecule has 1 N–H and O–H groups in total. The molecule has 1 saturated heterocycles. The summed E-state index contributed by atoms with van der Waals surface area (Å²) in [6.45, 7) is 1.25. The molecule has 0 bridgehead atoms. The number of rotatable bonds is 5. The first-order valence-corrected chi connectivity index (χ1v) is 8.32. The molecule has 1 aliphatic rings. The van der Waals surface area contributed by atoms with Crippen molar-refractivity contribution < 1.29 is 9.53 Å². The number of amides is 1. The monoisotopic (exact) mass is 318 g/mol. The third kappa shape index (κ3) is 3.86. The highest BCUT2D eigenvalue weighted by atomic mass is 32.1. The van der Waals surface area contributed by atoms with Gasteiger partial charge < -0.3 is 10.1 Å². The molecule has 3 rings (SSSR count). The number of aromatic nitrogens is 3. The lowest BCUT2D eigenvalue weighted by molar-refractivity contribution is -0.135. The largest absolute Gasteiger partial charge is 0.368 e. The summed E-state index contributed by atoms with van der Waals surface area (Å²) in [6, 6.07) is 1.78. The molecule has 6 nitrogen and oxygen atoms in total. The van der Waals surface area contributed by atoms with Crippen molar-refractivity contribution in [1.29, 1.82) is 0 Å². The van der Waals surface area contributed by atoms with Crippen LogP contribution in [0.3, 0.4) is 0 Å². The van der Waals surface area contributed by atoms with Crippen LogP contribution in [-0.4, -0.2) is 40.1 Å². The Morgan fingerprint density at radius 3 is 3.00 bits per heavy atom. The maximum absolute atomic E-state index is 11.9. The van der Waals surface area contributed by atoms with Gasteiger partial charge in [-0.1, -0.05) is 0 Å². The van der Waals surface area contributed by atoms with Gasteiger partial charge in [0.05, 0.1) is 5.69 Å². The standard InChI is InChI=1S/C15H18N4O2S/c20-14(12-4-1-2-9-21-12)18-8-5-11-10-22-15(19-11)13-16-6-3-7-17-13/h3,6-7,10,12H,1-2,4-5,8-9H2,(H,18,20)/t12-/m0/s1. The summed E-state index contributed by atoms with van der Waals surface area (Å²) < 4.78 is 5.46. The molecule has 0 unspecified atom stereocenters. The van der Waals surface area contributed by atoms with E-state index in [1.54, 1.807) is 18.5 Å². The van der Waals surface area contributed by atoms with Crippen molar-refractivity contribution in [3.05, 3.63) is 29.5 Å². The molecule has 0 radical (unpaired) electrons. The zero-order valence-corrected chi connectivity index (χ0v) is 13.0. The average Bonchev–Trinajstić information content (AvgIpc) is 3.05. The fourth-order valence-electron chi connectivity index (χ4n) is 2.31. The molecule has 1 amide bonds. The van der Waals surface area contributed by atoms with Crippen LogP contribution in [0, 0.1) is 0 Å². The molecule has 2 aromatic rings. The Morgan fingerprint density at radius 2 is 2.23 bits per heavy atom. The maximum Gasteiger partial charge on any atom is 0.249 e. The van der Waals surface area contributed by atoms with Crippen LogP contribution in [0.4, 0.5) is 0 Å². The third-order valence-electron chi connectivity index (χ3n) is 3.46. The zero-order valence-electron chi connectivity index (χ0n) is 12.2. The van der Waals surface area contributed by atoms with Gasteiger partial charge in [0.15, 0.2) is 10.8 Å². The van der Waals surface area contributed by atoms with Crippen molar-refractivity contribution in [2.75, 3.05) is 13.2 Å². The smallest absolute Gasteiger partial charge is 0.249 e. The number of nitrogens with zero attached hydrogens (tertiary/aromatic N) is 3. The highest BCUT2D eigenvalue weighted by molar-refractivity contribution is 7.13. The molecule has 3 heterocycles. The van der Waals surface area contributed by atoms with Crippen LogP contribution in [0.15, 0.2) is 23.8 Å². The van der Waals surface area contributed by atoms with Gasteiger partial charge >= 0.3 is 0 Å². The van der Waals surface area contributed by atoms with E-state index < -0.39 is 0 Å². The predicted octanol–water partition coefficient (Wildman–Crippen LogP) is 1.83. The van der Waals surface area contributed by atoms with E-state index in [9.17, 15) is 4.79 Å². The van der Waals surface area contributed by atoms with Crippen LogP contribution in [-0.2, 0) is 16.0 Å². The summed E-state index contributed by atoms with van der Waals surface area (Å²) >= 11 is 1.52. The van der Waals surface area contributed by atoms with Crippen molar-refractivity contribution in [3.8, 4) is 10.8 Å². The van der Waals surface area contributed by atoms with Gasteiger partial charge in [0.1, 0.15) is 6.10 Å². The number of carbonyl (C=O) groups excluding carboxylic acids is 1. The SMILES string of the molecule is O=C(NCCc1csc(-c2ncccn2)n1)[C@@H]1CCCCO1. The highest BCUT2D eigenvalue weighted by Crippen LogP contribution is 2.19. The molecule has 1 aliphatic heterocycles. The number of hydrogen-bond acceptors (Lipinski definition) is 6. The topological polar surface area (TPSA) is 77.0 Å². The third-order valence-corrected chi connectivity index (χ3v) is 4.35. The first-order valence-electron chi connectivity index (χ1n) is 7.44. The van der Waals surface area contributed by atoms with Crippen molar-refractivity contribution in [2.24, 2.45) is 0 Å². The van der Waals surface area contributed by atoms with E-state index in [1.165, 1.54) is 11.3 Å². The molecule has 0 saturated carbocycles. The first-order chi connectivity index (χ1) is 10.8. The van der Waals surface area contributed by atoms with Crippen molar-refractivity contribution in [1.82, 2.24) is 20.3 Å². The van der Waals surface area contributed by atoms with Gasteiger partial charge in [-0.15, -0.1) is 11.3 Å². The first kappa shape index (κ1) is 15.1. The summed E-state index contributed by atoms with van der Waals surface area (Å²) in [6.07, 6.45) is 6.75. The number of hydrogen-bond donors (Lipinski definition) is 1. The Labute approximate surface area is 133 Å². The molecule has 22 heavy (non-hydrogen) atoms. The summed E-state index contributed by atoms with van der Waals surface area (Å²) in [5.41, 5.74) is 0.942. The number of thiazole rings is 1. The van der Waals surface area contributed by atoms with E-state index in [0.29, 0.717) is 25.4 Å². The van der Waals surface area contributed by atoms with Crippen molar-refractivity contribution in [2.45, 2.75) is 31.8 Å². The molecular weight excluding hydrogens is 300 g/mol. The average molecular weight is 318 g/mol. The van der Waals surface area contributed by atoms with E-state index in [0.717, 1.165) is 30.0 Å². The van der Waals surface area contributed by atoms with Gasteiger partial charge in [0, 0.05) is 37.3 Å². The van der Waals surface area contributed by atoms with Gasteiger partial charge in [-0.05, 0) is 25.3 Å². The summed E-state index contributed by atoms with van der Waals surface area (Å²) in [4.78, 5) is 24.8. The normalized spacial score (nSPS) is 18.1. The second kappa shape index (κ2) is 7.42. The lowest BCUT2D eigenvalue weighted by Gasteiger charge is -2.21. The highest BCUT2D eigenvalue weighted by Gasteiger charge is 2.21. The molecular formula is C15H18N4O2S. The zero-order chi connectivity index (χ0) is 15.2. The molecule has 7 heteroatoms. The molecule has 0 spiro atoms. The lowest BCUT2D eigenvalue weighted by atomic mass is 10.1. The fraction of sp³-hybridized carbons (Fsp3) is 0.467. The summed E-state index contributed by atoms with van der Waals surface area (Å²) in [5.74, 6) is 0.625. The van der Waals surface area contributed by atoms with E-state index >= 15 is 0 Å². The molecule has 0 aliphatic carbocycles. The minimum atomic E-state index is -0.280. The summed E-state index contributed by atoms with van der Waals surface area (Å²) in [5, 5.41) is 5.70. The molecule has 1 atom stereocenters. The van der Waals surface area contributed by atoms with Gasteiger partial charge in [-0.3, -0.25) is 4.79 Å². The van der Waals surface area contributed by atoms with Crippen LogP contribution in [0.1, 0.15) is 25.0 Å². The number of carbonyl (C=O) groups is 1. The minimum absolute atomic E-state index is 0.0125. The van der Waals surface area contributed by atoms with Crippen LogP contribution < -0.4 is 5.32 Å².